The molecule has 0 N–H and O–H groups in total. The maximum Gasteiger partial charge on any atom is 0.253 e. The number of piperazine rings is 1. The van der Waals surface area contributed by atoms with E-state index in [9.17, 15) is 9.59 Å². The predicted molar refractivity (Wildman–Crippen MR) is 102 cm³/mol. The number of carbonyl (C=O) groups is 2. The van der Waals surface area contributed by atoms with Gasteiger partial charge in [0, 0.05) is 37.7 Å². The molecular formula is C22H22N2O4. The number of hydrogen-bond acceptors (Lipinski definition) is 4. The third kappa shape index (κ3) is 3.09. The summed E-state index contributed by atoms with van der Waals surface area (Å²) in [6.45, 7) is 2.63. The van der Waals surface area contributed by atoms with Crippen LogP contribution in [0, 0.1) is 5.92 Å². The van der Waals surface area contributed by atoms with Crippen molar-refractivity contribution in [1.82, 2.24) is 9.80 Å². The zero-order valence-corrected chi connectivity index (χ0v) is 15.5. The lowest BCUT2D eigenvalue weighted by Gasteiger charge is -2.35. The fourth-order valence-electron chi connectivity index (χ4n) is 4.11. The number of carbonyl (C=O) groups excluding carboxylic acids is 2. The second kappa shape index (κ2) is 6.86. The maximum atomic E-state index is 12.9. The van der Waals surface area contributed by atoms with Crippen LogP contribution in [0.5, 0.6) is 11.5 Å². The summed E-state index contributed by atoms with van der Waals surface area (Å²) in [5.41, 5.74) is 1.84. The molecule has 1 saturated heterocycles. The van der Waals surface area contributed by atoms with Crippen molar-refractivity contribution >= 4 is 11.8 Å². The highest BCUT2D eigenvalue weighted by molar-refractivity contribution is 5.94. The molecule has 2 unspecified atom stereocenters. The molecule has 28 heavy (non-hydrogen) atoms. The van der Waals surface area contributed by atoms with Gasteiger partial charge in [-0.3, -0.25) is 9.59 Å². The molecule has 1 aliphatic carbocycles. The lowest BCUT2D eigenvalue weighted by Crippen LogP contribution is -2.51. The van der Waals surface area contributed by atoms with Crippen LogP contribution in [-0.2, 0) is 4.79 Å². The van der Waals surface area contributed by atoms with Crippen LogP contribution in [0.15, 0.2) is 48.5 Å². The summed E-state index contributed by atoms with van der Waals surface area (Å²) in [7, 11) is 0. The summed E-state index contributed by atoms with van der Waals surface area (Å²) >= 11 is 0. The van der Waals surface area contributed by atoms with Crippen LogP contribution in [0.2, 0.25) is 0 Å². The van der Waals surface area contributed by atoms with E-state index in [1.807, 2.05) is 58.3 Å². The summed E-state index contributed by atoms with van der Waals surface area (Å²) in [5.74, 6) is 2.07. The minimum atomic E-state index is 0.0387. The molecule has 6 nitrogen and oxygen atoms in total. The second-order valence-electron chi connectivity index (χ2n) is 7.54. The number of nitrogens with zero attached hydrogens (tertiary/aromatic N) is 2. The molecule has 1 saturated carbocycles. The Labute approximate surface area is 163 Å². The van der Waals surface area contributed by atoms with Crippen molar-refractivity contribution in [1.29, 1.82) is 0 Å². The van der Waals surface area contributed by atoms with Crippen molar-refractivity contribution in [3.63, 3.8) is 0 Å². The molecule has 0 spiro atoms. The second-order valence-corrected chi connectivity index (χ2v) is 7.54. The van der Waals surface area contributed by atoms with Crippen molar-refractivity contribution in [3.8, 4) is 11.5 Å². The third-order valence-electron chi connectivity index (χ3n) is 5.83. The fraction of sp³-hybridized carbons (Fsp3) is 0.364. The minimum absolute atomic E-state index is 0.0387. The maximum absolute atomic E-state index is 12.9. The predicted octanol–water partition coefficient (Wildman–Crippen LogP) is 2.50. The van der Waals surface area contributed by atoms with Crippen molar-refractivity contribution in [2.24, 2.45) is 5.92 Å². The zero-order chi connectivity index (χ0) is 19.1. The standard InChI is InChI=1S/C22H22N2O4/c25-21(15-4-2-1-3-5-15)23-8-10-24(11-9-23)22(26)18-13-17(18)16-6-7-19-20(12-16)28-14-27-19/h1-7,12,17-18H,8-11,13-14H2. The molecule has 0 aromatic heterocycles. The van der Waals surface area contributed by atoms with Gasteiger partial charge in [0.1, 0.15) is 0 Å². The highest BCUT2D eigenvalue weighted by Gasteiger charge is 2.46. The van der Waals surface area contributed by atoms with E-state index in [1.54, 1.807) is 0 Å². The monoisotopic (exact) mass is 378 g/mol. The van der Waals surface area contributed by atoms with E-state index < -0.39 is 0 Å². The van der Waals surface area contributed by atoms with Gasteiger partial charge in [-0.15, -0.1) is 0 Å². The Balaban J connectivity index is 1.17. The molecule has 2 aromatic rings. The number of fused-ring (bicyclic) bond motifs is 1. The minimum Gasteiger partial charge on any atom is -0.454 e. The summed E-state index contributed by atoms with van der Waals surface area (Å²) in [6.07, 6.45) is 0.877. The molecule has 3 aliphatic rings. The number of amides is 2. The SMILES string of the molecule is O=C(c1ccccc1)N1CCN(C(=O)C2CC2c2ccc3c(c2)OCO3)CC1. The van der Waals surface area contributed by atoms with E-state index in [-0.39, 0.29) is 30.4 Å². The van der Waals surface area contributed by atoms with Crippen LogP contribution in [0.3, 0.4) is 0 Å². The average Bonchev–Trinajstić information content (AvgIpc) is 3.42. The van der Waals surface area contributed by atoms with Gasteiger partial charge in [0.15, 0.2) is 11.5 Å². The lowest BCUT2D eigenvalue weighted by atomic mass is 10.1. The summed E-state index contributed by atoms with van der Waals surface area (Å²) in [5, 5.41) is 0. The van der Waals surface area contributed by atoms with Gasteiger partial charge in [-0.05, 0) is 42.2 Å². The average molecular weight is 378 g/mol. The van der Waals surface area contributed by atoms with Crippen LogP contribution in [0.4, 0.5) is 0 Å². The number of hydrogen-bond donors (Lipinski definition) is 0. The van der Waals surface area contributed by atoms with Crippen LogP contribution in [0.25, 0.3) is 0 Å². The van der Waals surface area contributed by atoms with Gasteiger partial charge in [-0.2, -0.15) is 0 Å². The highest BCUT2D eigenvalue weighted by Crippen LogP contribution is 2.50. The Kier molecular flexibility index (Phi) is 4.19. The fourth-order valence-corrected chi connectivity index (χ4v) is 4.11. The van der Waals surface area contributed by atoms with Gasteiger partial charge in [0.05, 0.1) is 0 Å². The van der Waals surface area contributed by atoms with Crippen LogP contribution < -0.4 is 9.47 Å². The molecule has 5 rings (SSSR count). The zero-order valence-electron chi connectivity index (χ0n) is 15.5. The first-order valence-corrected chi connectivity index (χ1v) is 9.73. The quantitative estimate of drug-likeness (QED) is 0.824. The van der Waals surface area contributed by atoms with Crippen molar-refractivity contribution in [2.45, 2.75) is 12.3 Å². The largest absolute Gasteiger partial charge is 0.454 e. The van der Waals surface area contributed by atoms with Gasteiger partial charge < -0.3 is 19.3 Å². The first-order valence-electron chi connectivity index (χ1n) is 9.73. The summed E-state index contributed by atoms with van der Waals surface area (Å²) in [6, 6.07) is 15.3. The molecule has 6 heteroatoms. The van der Waals surface area contributed by atoms with Crippen LogP contribution >= 0.6 is 0 Å². The lowest BCUT2D eigenvalue weighted by molar-refractivity contribution is -0.134. The van der Waals surface area contributed by atoms with Crippen LogP contribution in [0.1, 0.15) is 28.3 Å². The van der Waals surface area contributed by atoms with E-state index >= 15 is 0 Å². The topological polar surface area (TPSA) is 59.1 Å². The van der Waals surface area contributed by atoms with E-state index in [0.717, 1.165) is 23.5 Å². The molecule has 2 aliphatic heterocycles. The van der Waals surface area contributed by atoms with Crippen molar-refractivity contribution in [2.75, 3.05) is 33.0 Å². The normalized spacial score (nSPS) is 22.9. The Morgan fingerprint density at radius 2 is 1.57 bits per heavy atom. The highest BCUT2D eigenvalue weighted by atomic mass is 16.7. The third-order valence-corrected chi connectivity index (χ3v) is 5.83. The van der Waals surface area contributed by atoms with E-state index in [1.165, 1.54) is 0 Å². The van der Waals surface area contributed by atoms with Crippen molar-refractivity contribution < 1.29 is 19.1 Å². The van der Waals surface area contributed by atoms with Gasteiger partial charge in [-0.25, -0.2) is 0 Å². The molecule has 2 fully saturated rings. The smallest absolute Gasteiger partial charge is 0.253 e. The Morgan fingerprint density at radius 3 is 2.36 bits per heavy atom. The van der Waals surface area contributed by atoms with Gasteiger partial charge in [-0.1, -0.05) is 24.3 Å². The Bertz CT molecular complexity index is 906. The Morgan fingerprint density at radius 1 is 0.857 bits per heavy atom. The van der Waals surface area contributed by atoms with E-state index in [2.05, 4.69) is 0 Å². The van der Waals surface area contributed by atoms with Gasteiger partial charge in [0.25, 0.3) is 5.91 Å². The molecule has 2 atom stereocenters. The first kappa shape index (κ1) is 17.1. The molecule has 2 aromatic carbocycles. The Hall–Kier alpha value is -3.02. The molecule has 2 heterocycles. The van der Waals surface area contributed by atoms with Crippen molar-refractivity contribution in [3.05, 3.63) is 59.7 Å². The number of rotatable bonds is 3. The molecular weight excluding hydrogens is 356 g/mol. The summed E-state index contributed by atoms with van der Waals surface area (Å²) < 4.78 is 10.8. The number of ether oxygens (including phenoxy) is 2. The van der Waals surface area contributed by atoms with Gasteiger partial charge in [0.2, 0.25) is 12.7 Å². The first-order chi connectivity index (χ1) is 13.7. The summed E-state index contributed by atoms with van der Waals surface area (Å²) in [4.78, 5) is 29.2. The molecule has 0 bridgehead atoms. The van der Waals surface area contributed by atoms with Crippen LogP contribution in [-0.4, -0.2) is 54.6 Å². The molecule has 144 valence electrons. The van der Waals surface area contributed by atoms with E-state index in [4.69, 9.17) is 9.47 Å². The molecule has 2 amide bonds. The number of benzene rings is 2. The molecule has 0 radical (unpaired) electrons. The van der Waals surface area contributed by atoms with E-state index in [0.29, 0.717) is 31.7 Å². The van der Waals surface area contributed by atoms with Gasteiger partial charge >= 0.3 is 0 Å².